The van der Waals surface area contributed by atoms with Gasteiger partial charge in [0.2, 0.25) is 0 Å². The van der Waals surface area contributed by atoms with E-state index in [2.05, 4.69) is 4.74 Å². The highest BCUT2D eigenvalue weighted by atomic mass is 35.5. The molecule has 0 radical (unpaired) electrons. The topological polar surface area (TPSA) is 46.5 Å². The number of carboxylic acid groups (broad SMARTS) is 1. The summed E-state index contributed by atoms with van der Waals surface area (Å²) in [4.78, 5) is 9.83. The average molecular weight is 153 g/mol. The molecule has 0 saturated carbocycles. The first-order valence-corrected chi connectivity index (χ1v) is 3.01. The van der Waals surface area contributed by atoms with Crippen molar-refractivity contribution in [2.45, 2.75) is 25.3 Å². The molecule has 0 aliphatic rings. The van der Waals surface area contributed by atoms with Gasteiger partial charge in [0.15, 0.2) is 0 Å². The van der Waals surface area contributed by atoms with E-state index in [0.717, 1.165) is 0 Å². The minimum Gasteiger partial charge on any atom is -0.450 e. The number of alkyl halides is 1. The molecule has 0 aromatic carbocycles. The number of carbonyl (C=O) groups is 1. The number of rotatable bonds is 2. The maximum absolute atomic E-state index is 9.83. The van der Waals surface area contributed by atoms with Crippen LogP contribution in [-0.2, 0) is 4.74 Å². The summed E-state index contributed by atoms with van der Waals surface area (Å²) in [5, 5.41) is 7.78. The van der Waals surface area contributed by atoms with Crippen LogP contribution < -0.4 is 0 Å². The quantitative estimate of drug-likeness (QED) is 0.484. The fourth-order valence-electron chi connectivity index (χ4n) is 0.253. The highest BCUT2D eigenvalue weighted by Crippen LogP contribution is 2.04. The Kier molecular flexibility index (Phi) is 3.39. The molecule has 0 aliphatic carbocycles. The second kappa shape index (κ2) is 3.56. The first-order chi connectivity index (χ1) is 4.04. The van der Waals surface area contributed by atoms with Crippen LogP contribution in [0.3, 0.4) is 0 Å². The molecular weight excluding hydrogens is 144 g/mol. The Labute approximate surface area is 58.6 Å². The normalized spacial score (nSPS) is 16.3. The smallest absolute Gasteiger partial charge is 0.450 e. The maximum Gasteiger partial charge on any atom is 0.506 e. The van der Waals surface area contributed by atoms with Gasteiger partial charge in [-0.05, 0) is 13.8 Å². The minimum atomic E-state index is -1.28. The number of hydrogen-bond acceptors (Lipinski definition) is 2. The van der Waals surface area contributed by atoms with E-state index < -0.39 is 12.3 Å². The molecule has 2 unspecified atom stereocenters. The van der Waals surface area contributed by atoms with E-state index >= 15 is 0 Å². The molecule has 0 saturated heterocycles. The standard InChI is InChI=1S/C5H9ClO3/c1-3(6)4(2)9-5(7)8/h3-4H,1-2H3,(H,7,8). The molecule has 0 aromatic heterocycles. The second-order valence-electron chi connectivity index (χ2n) is 1.77. The van der Waals surface area contributed by atoms with Crippen LogP contribution in [0.5, 0.6) is 0 Å². The van der Waals surface area contributed by atoms with Gasteiger partial charge in [0.05, 0.1) is 5.38 Å². The Morgan fingerprint density at radius 2 is 2.11 bits per heavy atom. The van der Waals surface area contributed by atoms with E-state index in [0.29, 0.717) is 0 Å². The largest absolute Gasteiger partial charge is 0.506 e. The van der Waals surface area contributed by atoms with Crippen molar-refractivity contribution in [2.24, 2.45) is 0 Å². The minimum absolute atomic E-state index is 0.277. The van der Waals surface area contributed by atoms with Crippen molar-refractivity contribution in [3.8, 4) is 0 Å². The first-order valence-electron chi connectivity index (χ1n) is 2.57. The van der Waals surface area contributed by atoms with Crippen molar-refractivity contribution in [3.63, 3.8) is 0 Å². The molecule has 0 fully saturated rings. The van der Waals surface area contributed by atoms with Crippen molar-refractivity contribution >= 4 is 17.8 Å². The fraction of sp³-hybridized carbons (Fsp3) is 0.800. The van der Waals surface area contributed by atoms with Crippen LogP contribution in [0.1, 0.15) is 13.8 Å². The van der Waals surface area contributed by atoms with Gasteiger partial charge in [-0.15, -0.1) is 11.6 Å². The average Bonchev–Trinajstić information content (AvgIpc) is 1.63. The number of halogens is 1. The van der Waals surface area contributed by atoms with Crippen LogP contribution in [0.4, 0.5) is 4.79 Å². The lowest BCUT2D eigenvalue weighted by Crippen LogP contribution is -2.20. The zero-order valence-electron chi connectivity index (χ0n) is 5.30. The zero-order valence-corrected chi connectivity index (χ0v) is 6.05. The molecule has 0 heterocycles. The lowest BCUT2D eigenvalue weighted by Gasteiger charge is -2.11. The van der Waals surface area contributed by atoms with E-state index in [9.17, 15) is 4.79 Å². The molecule has 2 atom stereocenters. The van der Waals surface area contributed by atoms with Crippen LogP contribution >= 0.6 is 11.6 Å². The summed E-state index contributed by atoms with van der Waals surface area (Å²) >= 11 is 5.48. The molecule has 1 N–H and O–H groups in total. The summed E-state index contributed by atoms with van der Waals surface area (Å²) in [5.74, 6) is 0. The van der Waals surface area contributed by atoms with Crippen molar-refractivity contribution in [2.75, 3.05) is 0 Å². The first kappa shape index (κ1) is 8.56. The highest BCUT2D eigenvalue weighted by Gasteiger charge is 2.12. The van der Waals surface area contributed by atoms with Gasteiger partial charge < -0.3 is 9.84 Å². The number of hydrogen-bond donors (Lipinski definition) is 1. The van der Waals surface area contributed by atoms with Crippen LogP contribution in [0.15, 0.2) is 0 Å². The van der Waals surface area contributed by atoms with Crippen LogP contribution in [0, 0.1) is 0 Å². The monoisotopic (exact) mass is 152 g/mol. The van der Waals surface area contributed by atoms with E-state index in [-0.39, 0.29) is 5.38 Å². The predicted molar refractivity (Wildman–Crippen MR) is 33.9 cm³/mol. The van der Waals surface area contributed by atoms with Crippen molar-refractivity contribution in [1.82, 2.24) is 0 Å². The fourth-order valence-corrected chi connectivity index (χ4v) is 0.304. The van der Waals surface area contributed by atoms with Crippen LogP contribution in [0.25, 0.3) is 0 Å². The summed E-state index contributed by atoms with van der Waals surface area (Å²) in [6.45, 7) is 3.28. The Hall–Kier alpha value is -0.440. The van der Waals surface area contributed by atoms with Gasteiger partial charge in [-0.3, -0.25) is 0 Å². The third-order valence-electron chi connectivity index (χ3n) is 0.934. The Balaban J connectivity index is 3.50. The molecule has 0 aliphatic heterocycles. The lowest BCUT2D eigenvalue weighted by molar-refractivity contribution is 0.0590. The Morgan fingerprint density at radius 3 is 2.22 bits per heavy atom. The summed E-state index contributed by atoms with van der Waals surface area (Å²) in [6, 6.07) is 0. The second-order valence-corrected chi connectivity index (χ2v) is 2.45. The van der Waals surface area contributed by atoms with Gasteiger partial charge in [-0.25, -0.2) is 4.79 Å². The van der Waals surface area contributed by atoms with Crippen molar-refractivity contribution < 1.29 is 14.6 Å². The predicted octanol–water partition coefficient (Wildman–Crippen LogP) is 1.70. The van der Waals surface area contributed by atoms with Crippen LogP contribution in [-0.4, -0.2) is 22.7 Å². The molecule has 0 rings (SSSR count). The highest BCUT2D eigenvalue weighted by molar-refractivity contribution is 6.20. The summed E-state index contributed by atoms with van der Waals surface area (Å²) < 4.78 is 4.30. The van der Waals surface area contributed by atoms with Gasteiger partial charge in [0.1, 0.15) is 6.10 Å². The van der Waals surface area contributed by atoms with Gasteiger partial charge in [-0.1, -0.05) is 0 Å². The molecule has 4 heteroatoms. The van der Waals surface area contributed by atoms with E-state index in [1.54, 1.807) is 13.8 Å². The van der Waals surface area contributed by atoms with Crippen molar-refractivity contribution in [3.05, 3.63) is 0 Å². The molecule has 0 aromatic rings. The third-order valence-corrected chi connectivity index (χ3v) is 1.29. The Bertz CT molecular complexity index is 102. The SMILES string of the molecule is CC(Cl)C(C)OC(=O)O. The van der Waals surface area contributed by atoms with E-state index in [4.69, 9.17) is 16.7 Å². The zero-order chi connectivity index (χ0) is 7.44. The molecule has 0 bridgehead atoms. The summed E-state index contributed by atoms with van der Waals surface area (Å²) in [5.41, 5.74) is 0. The van der Waals surface area contributed by atoms with Gasteiger partial charge in [0.25, 0.3) is 0 Å². The third kappa shape index (κ3) is 4.09. The van der Waals surface area contributed by atoms with Crippen LogP contribution in [0.2, 0.25) is 0 Å². The summed E-state index contributed by atoms with van der Waals surface area (Å²) in [6.07, 6.45) is -1.72. The summed E-state index contributed by atoms with van der Waals surface area (Å²) in [7, 11) is 0. The molecule has 0 amide bonds. The van der Waals surface area contributed by atoms with E-state index in [1.165, 1.54) is 0 Å². The molecule has 54 valence electrons. The van der Waals surface area contributed by atoms with Gasteiger partial charge in [-0.2, -0.15) is 0 Å². The van der Waals surface area contributed by atoms with Gasteiger partial charge in [0, 0.05) is 0 Å². The molecule has 9 heavy (non-hydrogen) atoms. The lowest BCUT2D eigenvalue weighted by atomic mass is 10.3. The molecule has 3 nitrogen and oxygen atoms in total. The maximum atomic E-state index is 9.83. The van der Waals surface area contributed by atoms with Gasteiger partial charge >= 0.3 is 6.16 Å². The Morgan fingerprint density at radius 1 is 1.67 bits per heavy atom. The van der Waals surface area contributed by atoms with E-state index in [1.807, 2.05) is 0 Å². The van der Waals surface area contributed by atoms with Crippen molar-refractivity contribution in [1.29, 1.82) is 0 Å². The molecular formula is C5H9ClO3. The number of ether oxygens (including phenoxy) is 1. The molecule has 0 spiro atoms.